The van der Waals surface area contributed by atoms with Crippen molar-refractivity contribution in [3.8, 4) is 0 Å². The number of anilines is 1. The van der Waals surface area contributed by atoms with E-state index in [1.807, 2.05) is 6.07 Å². The first-order valence-corrected chi connectivity index (χ1v) is 5.85. The number of amides is 1. The molecule has 3 N–H and O–H groups in total. The van der Waals surface area contributed by atoms with Crippen LogP contribution in [-0.2, 0) is 4.79 Å². The van der Waals surface area contributed by atoms with Crippen molar-refractivity contribution in [2.45, 2.75) is 6.42 Å². The van der Waals surface area contributed by atoms with E-state index in [4.69, 9.17) is 18.0 Å². The highest BCUT2D eigenvalue weighted by Gasteiger charge is 2.13. The average Bonchev–Trinajstić information content (AvgIpc) is 2.54. The molecule has 0 aliphatic carbocycles. The number of carbonyl (C=O) groups excluding carboxylic acids is 1. The minimum absolute atomic E-state index is 0.0974. The van der Waals surface area contributed by atoms with Crippen LogP contribution in [0.15, 0.2) is 18.3 Å². The standard InChI is InChI=1S/C11H14N4OS/c12-11(17)9-2-1-8(7-14-9)15-5-3-10(16)13-4-6-15/h1-2,7H,3-6H2,(H2,12,17)(H,13,16). The molecule has 0 radical (unpaired) electrons. The number of hydrogen-bond donors (Lipinski definition) is 2. The third-order valence-electron chi connectivity index (χ3n) is 2.68. The maximum Gasteiger partial charge on any atom is 0.221 e. The van der Waals surface area contributed by atoms with E-state index in [0.717, 1.165) is 12.2 Å². The summed E-state index contributed by atoms with van der Waals surface area (Å²) in [4.78, 5) is 17.8. The van der Waals surface area contributed by atoms with Crippen LogP contribution in [0.5, 0.6) is 0 Å². The fourth-order valence-electron chi connectivity index (χ4n) is 1.74. The summed E-state index contributed by atoms with van der Waals surface area (Å²) < 4.78 is 0. The molecule has 0 spiro atoms. The van der Waals surface area contributed by atoms with Crippen molar-refractivity contribution in [2.24, 2.45) is 5.73 Å². The van der Waals surface area contributed by atoms with E-state index in [-0.39, 0.29) is 5.91 Å². The van der Waals surface area contributed by atoms with Gasteiger partial charge in [-0.3, -0.25) is 9.78 Å². The lowest BCUT2D eigenvalue weighted by molar-refractivity contribution is -0.120. The zero-order valence-corrected chi connectivity index (χ0v) is 10.2. The zero-order valence-electron chi connectivity index (χ0n) is 9.35. The Kier molecular flexibility index (Phi) is 3.53. The summed E-state index contributed by atoms with van der Waals surface area (Å²) in [7, 11) is 0. The maximum absolute atomic E-state index is 11.2. The van der Waals surface area contributed by atoms with Gasteiger partial charge in [0.25, 0.3) is 0 Å². The van der Waals surface area contributed by atoms with E-state index in [1.54, 1.807) is 12.3 Å². The van der Waals surface area contributed by atoms with E-state index in [1.165, 1.54) is 0 Å². The summed E-state index contributed by atoms with van der Waals surface area (Å²) >= 11 is 4.85. The van der Waals surface area contributed by atoms with Gasteiger partial charge in [0.1, 0.15) is 4.99 Å². The lowest BCUT2D eigenvalue weighted by Gasteiger charge is -2.21. The van der Waals surface area contributed by atoms with Crippen LogP contribution in [0, 0.1) is 0 Å². The molecule has 0 atom stereocenters. The van der Waals surface area contributed by atoms with Crippen molar-refractivity contribution >= 4 is 28.8 Å². The number of nitrogens with zero attached hydrogens (tertiary/aromatic N) is 2. The molecule has 6 heteroatoms. The molecule has 90 valence electrons. The zero-order chi connectivity index (χ0) is 12.3. The number of aromatic nitrogens is 1. The van der Waals surface area contributed by atoms with Gasteiger partial charge in [-0.1, -0.05) is 12.2 Å². The van der Waals surface area contributed by atoms with Gasteiger partial charge in [-0.05, 0) is 12.1 Å². The lowest BCUT2D eigenvalue weighted by Crippen LogP contribution is -2.28. The molecular formula is C11H14N4OS. The fourth-order valence-corrected chi connectivity index (χ4v) is 1.86. The summed E-state index contributed by atoms with van der Waals surface area (Å²) in [6, 6.07) is 3.73. The summed E-state index contributed by atoms with van der Waals surface area (Å²) in [5.74, 6) is 0.0974. The molecule has 1 aliphatic heterocycles. The highest BCUT2D eigenvalue weighted by molar-refractivity contribution is 7.80. The van der Waals surface area contributed by atoms with Gasteiger partial charge < -0.3 is 16.0 Å². The van der Waals surface area contributed by atoms with Gasteiger partial charge in [-0.25, -0.2) is 0 Å². The van der Waals surface area contributed by atoms with Crippen LogP contribution >= 0.6 is 12.2 Å². The van der Waals surface area contributed by atoms with Gasteiger partial charge in [0.2, 0.25) is 5.91 Å². The van der Waals surface area contributed by atoms with E-state index >= 15 is 0 Å². The quantitative estimate of drug-likeness (QED) is 0.725. The van der Waals surface area contributed by atoms with Crippen molar-refractivity contribution in [2.75, 3.05) is 24.5 Å². The number of hydrogen-bond acceptors (Lipinski definition) is 4. The number of pyridine rings is 1. The first kappa shape index (κ1) is 11.8. The Morgan fingerprint density at radius 1 is 1.47 bits per heavy atom. The SMILES string of the molecule is NC(=S)c1ccc(N2CCNC(=O)CC2)cn1. The molecule has 5 nitrogen and oxygen atoms in total. The molecule has 1 fully saturated rings. The monoisotopic (exact) mass is 250 g/mol. The van der Waals surface area contributed by atoms with Crippen LogP contribution < -0.4 is 16.0 Å². The lowest BCUT2D eigenvalue weighted by atomic mass is 10.3. The van der Waals surface area contributed by atoms with Gasteiger partial charge in [0.05, 0.1) is 17.6 Å². The Morgan fingerprint density at radius 3 is 2.94 bits per heavy atom. The van der Waals surface area contributed by atoms with E-state index in [0.29, 0.717) is 30.2 Å². The van der Waals surface area contributed by atoms with Gasteiger partial charge >= 0.3 is 0 Å². The number of thiocarbonyl (C=S) groups is 1. The molecule has 2 rings (SSSR count). The molecule has 1 aromatic heterocycles. The van der Waals surface area contributed by atoms with E-state index in [2.05, 4.69) is 15.2 Å². The molecule has 1 aliphatic rings. The minimum Gasteiger partial charge on any atom is -0.388 e. The molecule has 17 heavy (non-hydrogen) atoms. The van der Waals surface area contributed by atoms with Crippen LogP contribution in [0.2, 0.25) is 0 Å². The molecular weight excluding hydrogens is 236 g/mol. The molecule has 1 amide bonds. The molecule has 0 aromatic carbocycles. The Hall–Kier alpha value is -1.69. The van der Waals surface area contributed by atoms with Crippen LogP contribution in [0.1, 0.15) is 12.1 Å². The van der Waals surface area contributed by atoms with Crippen molar-refractivity contribution < 1.29 is 4.79 Å². The highest BCUT2D eigenvalue weighted by atomic mass is 32.1. The third kappa shape index (κ3) is 2.91. The third-order valence-corrected chi connectivity index (χ3v) is 2.89. The summed E-state index contributed by atoms with van der Waals surface area (Å²) in [5, 5.41) is 2.83. The second kappa shape index (κ2) is 5.09. The van der Waals surface area contributed by atoms with Crippen molar-refractivity contribution in [3.05, 3.63) is 24.0 Å². The van der Waals surface area contributed by atoms with Crippen molar-refractivity contribution in [1.82, 2.24) is 10.3 Å². The van der Waals surface area contributed by atoms with Gasteiger partial charge in [0, 0.05) is 26.1 Å². The topological polar surface area (TPSA) is 71.2 Å². The summed E-state index contributed by atoms with van der Waals surface area (Å²) in [6.07, 6.45) is 2.25. The number of rotatable bonds is 2. The van der Waals surface area contributed by atoms with Crippen LogP contribution in [0.4, 0.5) is 5.69 Å². The number of nitrogens with one attached hydrogen (secondary N) is 1. The maximum atomic E-state index is 11.2. The van der Waals surface area contributed by atoms with Crippen molar-refractivity contribution in [1.29, 1.82) is 0 Å². The van der Waals surface area contributed by atoms with Gasteiger partial charge in [-0.2, -0.15) is 0 Å². The smallest absolute Gasteiger partial charge is 0.221 e. The van der Waals surface area contributed by atoms with Gasteiger partial charge in [0.15, 0.2) is 0 Å². The van der Waals surface area contributed by atoms with Crippen LogP contribution in [0.25, 0.3) is 0 Å². The number of carbonyl (C=O) groups is 1. The van der Waals surface area contributed by atoms with E-state index in [9.17, 15) is 4.79 Å². The molecule has 2 heterocycles. The molecule has 1 aromatic rings. The van der Waals surface area contributed by atoms with Gasteiger partial charge in [-0.15, -0.1) is 0 Å². The largest absolute Gasteiger partial charge is 0.388 e. The molecule has 0 bridgehead atoms. The van der Waals surface area contributed by atoms with Crippen LogP contribution in [-0.4, -0.2) is 35.5 Å². The van der Waals surface area contributed by atoms with E-state index < -0.39 is 0 Å². The Balaban J connectivity index is 2.11. The van der Waals surface area contributed by atoms with Crippen LogP contribution in [0.3, 0.4) is 0 Å². The Bertz CT molecular complexity index is 432. The predicted molar refractivity (Wildman–Crippen MR) is 70.0 cm³/mol. The second-order valence-electron chi connectivity index (χ2n) is 3.85. The second-order valence-corrected chi connectivity index (χ2v) is 4.29. The predicted octanol–water partition coefficient (Wildman–Crippen LogP) is 0.0421. The molecule has 1 saturated heterocycles. The Labute approximate surface area is 105 Å². The Morgan fingerprint density at radius 2 is 2.29 bits per heavy atom. The highest BCUT2D eigenvalue weighted by Crippen LogP contribution is 2.14. The fraction of sp³-hybridized carbons (Fsp3) is 0.364. The first-order valence-electron chi connectivity index (χ1n) is 5.44. The normalized spacial score (nSPS) is 16.2. The summed E-state index contributed by atoms with van der Waals surface area (Å²) in [5.41, 5.74) is 7.09. The number of nitrogens with two attached hydrogens (primary N) is 1. The first-order chi connectivity index (χ1) is 8.16. The minimum atomic E-state index is 0.0974. The average molecular weight is 250 g/mol. The summed E-state index contributed by atoms with van der Waals surface area (Å²) in [6.45, 7) is 2.16. The van der Waals surface area contributed by atoms with Crippen molar-refractivity contribution in [3.63, 3.8) is 0 Å². The molecule has 0 unspecified atom stereocenters. The molecule has 0 saturated carbocycles.